The highest BCUT2D eigenvalue weighted by Crippen LogP contribution is 2.31. The van der Waals surface area contributed by atoms with Crippen LogP contribution in [0.4, 0.5) is 5.69 Å². The number of carbonyl (C=O) groups excluding carboxylic acids is 1. The van der Waals surface area contributed by atoms with Gasteiger partial charge in [0.15, 0.2) is 11.5 Å². The summed E-state index contributed by atoms with van der Waals surface area (Å²) in [7, 11) is 0. The van der Waals surface area contributed by atoms with Crippen molar-refractivity contribution < 1.29 is 14.3 Å². The molecular weight excluding hydrogens is 340 g/mol. The molecule has 2 heterocycles. The summed E-state index contributed by atoms with van der Waals surface area (Å²) in [4.78, 5) is 17.1. The molecule has 0 saturated carbocycles. The minimum absolute atomic E-state index is 0.0682. The van der Waals surface area contributed by atoms with Crippen LogP contribution in [0.1, 0.15) is 18.9 Å². The van der Waals surface area contributed by atoms with Crippen LogP contribution in [0.3, 0.4) is 0 Å². The van der Waals surface area contributed by atoms with E-state index in [0.717, 1.165) is 43.1 Å². The fraction of sp³-hybridized carbons (Fsp3) is 0.409. The topological polar surface area (TPSA) is 42.0 Å². The normalized spacial score (nSPS) is 18.3. The molecule has 27 heavy (non-hydrogen) atoms. The van der Waals surface area contributed by atoms with E-state index in [-0.39, 0.29) is 12.0 Å². The van der Waals surface area contributed by atoms with Gasteiger partial charge in [-0.3, -0.25) is 9.69 Å². The number of anilines is 1. The number of ether oxygens (including phenoxy) is 2. The summed E-state index contributed by atoms with van der Waals surface area (Å²) in [6.45, 7) is 5.24. The molecule has 1 unspecified atom stereocenters. The number of hydrogen-bond donors (Lipinski definition) is 0. The molecule has 4 rings (SSSR count). The first-order valence-corrected chi connectivity index (χ1v) is 9.73. The van der Waals surface area contributed by atoms with Crippen LogP contribution in [0, 0.1) is 0 Å². The van der Waals surface area contributed by atoms with E-state index >= 15 is 0 Å². The van der Waals surface area contributed by atoms with Crippen LogP contribution >= 0.6 is 0 Å². The zero-order chi connectivity index (χ0) is 18.6. The highest BCUT2D eigenvalue weighted by Gasteiger charge is 2.26. The summed E-state index contributed by atoms with van der Waals surface area (Å²) >= 11 is 0. The van der Waals surface area contributed by atoms with Crippen molar-refractivity contribution in [2.75, 3.05) is 37.7 Å². The van der Waals surface area contributed by atoms with E-state index in [2.05, 4.69) is 24.0 Å². The third kappa shape index (κ3) is 3.93. The van der Waals surface area contributed by atoms with Crippen LogP contribution in [-0.4, -0.2) is 49.7 Å². The van der Waals surface area contributed by atoms with E-state index in [1.54, 1.807) is 0 Å². The molecule has 0 aliphatic carbocycles. The van der Waals surface area contributed by atoms with Crippen LogP contribution < -0.4 is 14.4 Å². The second kappa shape index (κ2) is 8.01. The van der Waals surface area contributed by atoms with E-state index in [1.165, 1.54) is 5.56 Å². The largest absolute Gasteiger partial charge is 0.486 e. The number of para-hydroxylation sites is 3. The number of likely N-dealkylation sites (N-methyl/N-ethyl adjacent to an activating group) is 1. The van der Waals surface area contributed by atoms with E-state index in [4.69, 9.17) is 9.47 Å². The molecule has 0 N–H and O–H groups in total. The lowest BCUT2D eigenvalue weighted by Gasteiger charge is -2.33. The lowest BCUT2D eigenvalue weighted by atomic mass is 10.0. The van der Waals surface area contributed by atoms with Gasteiger partial charge in [-0.2, -0.15) is 0 Å². The summed E-state index contributed by atoms with van der Waals surface area (Å²) in [6.07, 6.45) is 2.00. The van der Waals surface area contributed by atoms with Gasteiger partial charge in [0.2, 0.25) is 5.91 Å². The van der Waals surface area contributed by atoms with Crippen LogP contribution in [0.5, 0.6) is 11.5 Å². The Hall–Kier alpha value is -2.53. The van der Waals surface area contributed by atoms with Crippen molar-refractivity contribution in [2.24, 2.45) is 0 Å². The van der Waals surface area contributed by atoms with Gasteiger partial charge in [-0.1, -0.05) is 37.3 Å². The molecule has 2 aromatic carbocycles. The van der Waals surface area contributed by atoms with Crippen molar-refractivity contribution in [3.63, 3.8) is 0 Å². The van der Waals surface area contributed by atoms with Gasteiger partial charge in [0.05, 0.1) is 6.54 Å². The monoisotopic (exact) mass is 366 g/mol. The molecule has 2 aliphatic heterocycles. The molecule has 0 radical (unpaired) electrons. The van der Waals surface area contributed by atoms with Crippen molar-refractivity contribution in [1.82, 2.24) is 4.90 Å². The first-order valence-electron chi connectivity index (χ1n) is 9.73. The third-order valence-electron chi connectivity index (χ3n) is 5.25. The summed E-state index contributed by atoms with van der Waals surface area (Å²) in [5.74, 6) is 1.72. The van der Waals surface area contributed by atoms with Gasteiger partial charge in [0.1, 0.15) is 12.7 Å². The molecule has 0 saturated heterocycles. The lowest BCUT2D eigenvalue weighted by molar-refractivity contribution is -0.120. The first kappa shape index (κ1) is 17.9. The Bertz CT molecular complexity index is 808. The fourth-order valence-electron chi connectivity index (χ4n) is 3.82. The van der Waals surface area contributed by atoms with Gasteiger partial charge >= 0.3 is 0 Å². The quantitative estimate of drug-likeness (QED) is 0.815. The van der Waals surface area contributed by atoms with Gasteiger partial charge in [-0.25, -0.2) is 0 Å². The highest BCUT2D eigenvalue weighted by atomic mass is 16.6. The molecule has 0 fully saturated rings. The number of fused-ring (bicyclic) bond motifs is 2. The zero-order valence-corrected chi connectivity index (χ0v) is 15.8. The number of carbonyl (C=O) groups is 1. The Balaban J connectivity index is 1.39. The fourth-order valence-corrected chi connectivity index (χ4v) is 3.82. The van der Waals surface area contributed by atoms with E-state index in [0.29, 0.717) is 19.7 Å². The summed E-state index contributed by atoms with van der Waals surface area (Å²) in [6, 6.07) is 16.0. The Morgan fingerprint density at radius 1 is 1.15 bits per heavy atom. The summed E-state index contributed by atoms with van der Waals surface area (Å²) < 4.78 is 11.9. The molecule has 0 aromatic heterocycles. The molecule has 142 valence electrons. The van der Waals surface area contributed by atoms with E-state index < -0.39 is 0 Å². The van der Waals surface area contributed by atoms with Crippen molar-refractivity contribution >= 4 is 11.6 Å². The molecule has 0 bridgehead atoms. The van der Waals surface area contributed by atoms with Crippen LogP contribution in [-0.2, 0) is 11.2 Å². The minimum Gasteiger partial charge on any atom is -0.486 e. The number of hydrogen-bond acceptors (Lipinski definition) is 4. The first-order chi connectivity index (χ1) is 13.2. The van der Waals surface area contributed by atoms with Gasteiger partial charge < -0.3 is 14.4 Å². The Kier molecular flexibility index (Phi) is 5.30. The van der Waals surface area contributed by atoms with Crippen molar-refractivity contribution in [3.05, 3.63) is 54.1 Å². The van der Waals surface area contributed by atoms with E-state index in [9.17, 15) is 4.79 Å². The third-order valence-corrected chi connectivity index (χ3v) is 5.25. The summed E-state index contributed by atoms with van der Waals surface area (Å²) in [5.41, 5.74) is 2.33. The molecule has 2 aliphatic rings. The number of nitrogens with zero attached hydrogens (tertiary/aromatic N) is 2. The highest BCUT2D eigenvalue weighted by molar-refractivity contribution is 5.95. The zero-order valence-electron chi connectivity index (χ0n) is 15.8. The molecule has 5 nitrogen and oxygen atoms in total. The second-order valence-electron chi connectivity index (χ2n) is 7.10. The lowest BCUT2D eigenvalue weighted by Crippen LogP contribution is -2.47. The maximum atomic E-state index is 13.0. The summed E-state index contributed by atoms with van der Waals surface area (Å²) in [5, 5.41) is 0. The van der Waals surface area contributed by atoms with Crippen LogP contribution in [0.15, 0.2) is 48.5 Å². The van der Waals surface area contributed by atoms with Crippen molar-refractivity contribution in [2.45, 2.75) is 25.9 Å². The molecule has 1 atom stereocenters. The van der Waals surface area contributed by atoms with Crippen LogP contribution in [0.2, 0.25) is 0 Å². The molecule has 1 amide bonds. The maximum absolute atomic E-state index is 13.0. The maximum Gasteiger partial charge on any atom is 0.241 e. The number of benzene rings is 2. The van der Waals surface area contributed by atoms with Crippen LogP contribution in [0.25, 0.3) is 0 Å². The smallest absolute Gasteiger partial charge is 0.241 e. The Labute approximate surface area is 160 Å². The molecule has 5 heteroatoms. The number of rotatable bonds is 5. The van der Waals surface area contributed by atoms with Gasteiger partial charge in [-0.15, -0.1) is 0 Å². The predicted octanol–water partition coefficient (Wildman–Crippen LogP) is 3.13. The standard InChI is InChI=1S/C22H26N2O3/c1-2-23(14-18-16-26-20-11-5-6-12-21(20)27-18)15-22(25)24-13-7-9-17-8-3-4-10-19(17)24/h3-6,8,10-12,18H,2,7,9,13-16H2,1H3. The molecule has 0 spiro atoms. The van der Waals surface area contributed by atoms with Gasteiger partial charge in [0, 0.05) is 18.8 Å². The number of amides is 1. The Morgan fingerprint density at radius 2 is 1.93 bits per heavy atom. The average molecular weight is 366 g/mol. The minimum atomic E-state index is -0.0682. The molecular formula is C22H26N2O3. The second-order valence-corrected chi connectivity index (χ2v) is 7.10. The van der Waals surface area contributed by atoms with E-state index in [1.807, 2.05) is 41.3 Å². The van der Waals surface area contributed by atoms with Gasteiger partial charge in [0.25, 0.3) is 0 Å². The number of aryl methyl sites for hydroxylation is 1. The predicted molar refractivity (Wildman–Crippen MR) is 106 cm³/mol. The molecule has 2 aromatic rings. The van der Waals surface area contributed by atoms with Crippen molar-refractivity contribution in [1.29, 1.82) is 0 Å². The van der Waals surface area contributed by atoms with Gasteiger partial charge in [-0.05, 0) is 43.1 Å². The average Bonchev–Trinajstić information content (AvgIpc) is 2.72. The van der Waals surface area contributed by atoms with Crippen molar-refractivity contribution in [3.8, 4) is 11.5 Å². The SMILES string of the molecule is CCN(CC(=O)N1CCCc2ccccc21)CC1COc2ccccc2O1. The Morgan fingerprint density at radius 3 is 2.78 bits per heavy atom.